The van der Waals surface area contributed by atoms with Gasteiger partial charge in [0.15, 0.2) is 0 Å². The van der Waals surface area contributed by atoms with E-state index >= 15 is 0 Å². The summed E-state index contributed by atoms with van der Waals surface area (Å²) in [7, 11) is 0. The van der Waals surface area contributed by atoms with Gasteiger partial charge in [0, 0.05) is 84.7 Å². The van der Waals surface area contributed by atoms with E-state index in [9.17, 15) is 24.6 Å². The third-order valence-corrected chi connectivity index (χ3v) is 7.76. The van der Waals surface area contributed by atoms with Crippen LogP contribution in [-0.4, -0.2) is 182 Å². The Kier molecular flexibility index (Phi) is 25.1. The average Bonchev–Trinajstić information content (AvgIpc) is 2.99. The number of unbranched alkanes of at least 4 members (excludes halogenated alkanes) is 2. The van der Waals surface area contributed by atoms with E-state index in [1.165, 1.54) is 0 Å². The van der Waals surface area contributed by atoms with Crippen molar-refractivity contribution in [2.75, 3.05) is 105 Å². The third-order valence-electron chi connectivity index (χ3n) is 7.76. The number of aliphatic carboxylic acids is 2. The summed E-state index contributed by atoms with van der Waals surface area (Å²) in [4.78, 5) is 62.1. The fourth-order valence-electron chi connectivity index (χ4n) is 5.17. The predicted octanol–water partition coefficient (Wildman–Crippen LogP) is -0.769. The molecule has 2 saturated heterocycles. The Morgan fingerprint density at radius 2 is 1.16 bits per heavy atom. The van der Waals surface area contributed by atoms with Crippen LogP contribution in [0.1, 0.15) is 46.0 Å². The number of carboxylic acids is 2. The Bertz CT molecular complexity index is 787. The fourth-order valence-corrected chi connectivity index (χ4v) is 5.17. The molecule has 15 heteroatoms. The molecule has 2 heterocycles. The molecule has 2 fully saturated rings. The first-order valence-corrected chi connectivity index (χ1v) is 15.6. The van der Waals surface area contributed by atoms with E-state index in [1.807, 2.05) is 16.6 Å². The number of rotatable bonds is 14. The molecule has 2 rings (SSSR count). The van der Waals surface area contributed by atoms with E-state index in [0.717, 1.165) is 91.1 Å². The summed E-state index contributed by atoms with van der Waals surface area (Å²) >= 11 is 0. The van der Waals surface area contributed by atoms with Crippen molar-refractivity contribution in [1.29, 1.82) is 0 Å². The Balaban J connectivity index is 0.00000347. The summed E-state index contributed by atoms with van der Waals surface area (Å²) in [6.45, 7) is 16.2. The normalized spacial score (nSPS) is 18.8. The van der Waals surface area contributed by atoms with Gasteiger partial charge in [0.1, 0.15) is 6.79 Å². The first kappa shape index (κ1) is 41.3. The molecule has 2 aliphatic heterocycles. The number of carboxylic acid groups (broad SMARTS) is 3. The minimum absolute atomic E-state index is 0.0308. The van der Waals surface area contributed by atoms with E-state index in [2.05, 4.69) is 39.2 Å². The van der Waals surface area contributed by atoms with E-state index in [1.54, 1.807) is 0 Å². The number of amides is 1. The van der Waals surface area contributed by atoms with Gasteiger partial charge >= 0.3 is 11.9 Å². The maximum Gasteiger partial charge on any atom is 0.317 e. The first-order chi connectivity index (χ1) is 21.2. The molecule has 0 bridgehead atoms. The molecule has 0 aromatic heterocycles. The molecule has 0 spiro atoms. The number of carbonyl (C=O) groups is 5. The lowest BCUT2D eigenvalue weighted by molar-refractivity contribution is -0.140. The van der Waals surface area contributed by atoms with Crippen molar-refractivity contribution >= 4 is 31.1 Å². The second kappa shape index (κ2) is 26.7. The molecule has 0 aliphatic carbocycles. The van der Waals surface area contributed by atoms with E-state index in [4.69, 9.17) is 14.7 Å². The number of nitrogens with zero attached hydrogens (tertiary/aromatic N) is 5. The molecule has 0 saturated carbocycles. The van der Waals surface area contributed by atoms with Crippen molar-refractivity contribution in [2.24, 2.45) is 0 Å². The second-order valence-corrected chi connectivity index (χ2v) is 11.0. The second-order valence-electron chi connectivity index (χ2n) is 11.0. The third kappa shape index (κ3) is 21.1. The zero-order valence-corrected chi connectivity index (χ0v) is 26.8. The predicted molar refractivity (Wildman–Crippen MR) is 168 cm³/mol. The lowest BCUT2D eigenvalue weighted by atomic mass is 10.1. The highest BCUT2D eigenvalue weighted by Crippen LogP contribution is 2.10. The maximum absolute atomic E-state index is 12.2. The van der Waals surface area contributed by atoms with Gasteiger partial charge < -0.3 is 35.6 Å². The molecule has 0 aromatic carbocycles. The first-order valence-electron chi connectivity index (χ1n) is 15.6. The monoisotopic (exact) mass is 631 g/mol. The summed E-state index contributed by atoms with van der Waals surface area (Å²) in [6, 6.07) is 0.400. The van der Waals surface area contributed by atoms with Crippen molar-refractivity contribution in [2.45, 2.75) is 52.0 Å². The van der Waals surface area contributed by atoms with Gasteiger partial charge in [0.2, 0.25) is 5.91 Å². The Labute approximate surface area is 262 Å². The van der Waals surface area contributed by atoms with Crippen LogP contribution in [0.4, 0.5) is 0 Å². The van der Waals surface area contributed by atoms with E-state index in [0.29, 0.717) is 38.8 Å². The van der Waals surface area contributed by atoms with Crippen molar-refractivity contribution < 1.29 is 39.3 Å². The van der Waals surface area contributed by atoms with Crippen LogP contribution in [0.5, 0.6) is 0 Å². The minimum Gasteiger partial charge on any atom is -0.483 e. The van der Waals surface area contributed by atoms with Crippen LogP contribution >= 0.6 is 0 Å². The highest BCUT2D eigenvalue weighted by molar-refractivity contribution is 5.78. The Morgan fingerprint density at radius 1 is 0.727 bits per heavy atom. The molecule has 1 amide bonds. The molecule has 256 valence electrons. The summed E-state index contributed by atoms with van der Waals surface area (Å²) in [5, 5.41) is 32.3. The summed E-state index contributed by atoms with van der Waals surface area (Å²) in [6.07, 6.45) is 5.34. The Morgan fingerprint density at radius 3 is 1.59 bits per heavy atom. The van der Waals surface area contributed by atoms with Crippen LogP contribution in [0, 0.1) is 0 Å². The van der Waals surface area contributed by atoms with Gasteiger partial charge in [-0.25, -0.2) is 0 Å². The standard InChI is InChI=1S/C27H53N7O5.CH2O2.CH2O/c1-3-5-6-9-28-25(35)20-31-10-7-24(8-11-31)29-23-34-18-13-30(4-2)12-14-32(21-26(36)37)15-16-33(17-19-34)22-27(38)39;2-1-3;1-2/h24,29H,3-23H2,1-2H3,(H,28,35)(H,36,37)(H,38,39);1H,(H,2,3);1H2. The zero-order chi connectivity index (χ0) is 33.2. The van der Waals surface area contributed by atoms with Crippen LogP contribution in [0.25, 0.3) is 0 Å². The maximum atomic E-state index is 12.2. The molecule has 44 heavy (non-hydrogen) atoms. The number of likely N-dealkylation sites (tertiary alicyclic amines) is 1. The number of carbonyl (C=O) groups excluding carboxylic acids is 2. The van der Waals surface area contributed by atoms with Gasteiger partial charge in [-0.2, -0.15) is 0 Å². The molecular formula is C29H57N7O8. The lowest BCUT2D eigenvalue weighted by Crippen LogP contribution is -2.51. The smallest absolute Gasteiger partial charge is 0.317 e. The van der Waals surface area contributed by atoms with Crippen LogP contribution in [-0.2, 0) is 24.0 Å². The molecular weight excluding hydrogens is 574 g/mol. The van der Waals surface area contributed by atoms with E-state index in [-0.39, 0.29) is 25.5 Å². The highest BCUT2D eigenvalue weighted by atomic mass is 16.4. The van der Waals surface area contributed by atoms with Crippen LogP contribution in [0.2, 0.25) is 0 Å². The fraction of sp³-hybridized carbons (Fsp3) is 0.828. The minimum atomic E-state index is -0.866. The average molecular weight is 632 g/mol. The lowest BCUT2D eigenvalue weighted by Gasteiger charge is -2.35. The van der Waals surface area contributed by atoms with Crippen molar-refractivity contribution in [3.63, 3.8) is 0 Å². The van der Waals surface area contributed by atoms with Gasteiger partial charge in [-0.05, 0) is 25.8 Å². The summed E-state index contributed by atoms with van der Waals surface area (Å²) in [5.74, 6) is -1.60. The molecule has 0 radical (unpaired) electrons. The number of likely N-dealkylation sites (N-methyl/N-ethyl adjacent to an activating group) is 1. The number of nitrogens with one attached hydrogen (secondary N) is 2. The number of hydrogen-bond donors (Lipinski definition) is 5. The quantitative estimate of drug-likeness (QED) is 0.119. The van der Waals surface area contributed by atoms with Gasteiger partial charge in [-0.1, -0.05) is 26.7 Å². The van der Waals surface area contributed by atoms with Crippen LogP contribution in [0.15, 0.2) is 0 Å². The van der Waals surface area contributed by atoms with Crippen molar-refractivity contribution in [3.05, 3.63) is 0 Å². The van der Waals surface area contributed by atoms with Crippen LogP contribution in [0.3, 0.4) is 0 Å². The SMILES string of the molecule is C=O.CCCCCNC(=O)CN1CCC(NCN2CCN(CC)CCN(CC(=O)O)CCN(CC(=O)O)CC2)CC1.O=CO. The van der Waals surface area contributed by atoms with Gasteiger partial charge in [-0.15, -0.1) is 0 Å². The summed E-state index contributed by atoms with van der Waals surface area (Å²) < 4.78 is 0. The van der Waals surface area contributed by atoms with Crippen molar-refractivity contribution in [3.8, 4) is 0 Å². The molecule has 0 unspecified atom stereocenters. The van der Waals surface area contributed by atoms with Crippen LogP contribution < -0.4 is 10.6 Å². The zero-order valence-electron chi connectivity index (χ0n) is 26.8. The summed E-state index contributed by atoms with van der Waals surface area (Å²) in [5.41, 5.74) is 0. The molecule has 5 N–H and O–H groups in total. The molecule has 15 nitrogen and oxygen atoms in total. The molecule has 0 aromatic rings. The largest absolute Gasteiger partial charge is 0.483 e. The van der Waals surface area contributed by atoms with Gasteiger partial charge in [0.25, 0.3) is 6.47 Å². The van der Waals surface area contributed by atoms with Gasteiger partial charge in [-0.3, -0.25) is 38.8 Å². The topological polar surface area (TPSA) is 186 Å². The number of hydrogen-bond acceptors (Lipinski definition) is 11. The van der Waals surface area contributed by atoms with E-state index < -0.39 is 11.9 Å². The molecule has 2 aliphatic rings. The molecule has 0 atom stereocenters. The highest BCUT2D eigenvalue weighted by Gasteiger charge is 2.22. The van der Waals surface area contributed by atoms with Crippen molar-refractivity contribution in [1.82, 2.24) is 35.1 Å². The Hall–Kier alpha value is -2.69. The van der Waals surface area contributed by atoms with Gasteiger partial charge in [0.05, 0.1) is 19.6 Å². The number of piperidine rings is 1.